The quantitative estimate of drug-likeness (QED) is 0.866. The number of amides is 2. The smallest absolute Gasteiger partial charge is 0.252 e. The fourth-order valence-corrected chi connectivity index (χ4v) is 3.25. The van der Waals surface area contributed by atoms with Gasteiger partial charge < -0.3 is 10.2 Å². The van der Waals surface area contributed by atoms with Crippen LogP contribution in [0.3, 0.4) is 0 Å². The monoisotopic (exact) mass is 355 g/mol. The van der Waals surface area contributed by atoms with E-state index < -0.39 is 0 Å². The van der Waals surface area contributed by atoms with Crippen LogP contribution < -0.4 is 5.32 Å². The fraction of sp³-hybridized carbons (Fsp3) is 0.350. The van der Waals surface area contributed by atoms with E-state index in [9.17, 15) is 14.0 Å². The van der Waals surface area contributed by atoms with Gasteiger partial charge in [-0.1, -0.05) is 12.1 Å². The second-order valence-electron chi connectivity index (χ2n) is 6.48. The maximum atomic E-state index is 13.5. The molecule has 26 heavy (non-hydrogen) atoms. The second-order valence-corrected chi connectivity index (χ2v) is 6.48. The predicted octanol–water partition coefficient (Wildman–Crippen LogP) is 2.57. The van der Waals surface area contributed by atoms with Crippen LogP contribution in [0.4, 0.5) is 4.39 Å². The molecule has 6 heteroatoms. The zero-order valence-electron chi connectivity index (χ0n) is 14.5. The van der Waals surface area contributed by atoms with E-state index in [1.807, 2.05) is 11.0 Å². The fourth-order valence-electron chi connectivity index (χ4n) is 3.25. The number of hydrogen-bond acceptors (Lipinski definition) is 3. The Bertz CT molecular complexity index is 767. The number of nitrogens with one attached hydrogen (secondary N) is 1. The minimum atomic E-state index is -0.300. The van der Waals surface area contributed by atoms with Gasteiger partial charge in [-0.25, -0.2) is 4.39 Å². The number of halogens is 1. The SMILES string of the molecule is O=C(NC[C@@H](Cc1cccc(F)c1)N1CCCCC1=O)c1cccnc1. The summed E-state index contributed by atoms with van der Waals surface area (Å²) in [6, 6.07) is 9.56. The number of likely N-dealkylation sites (tertiary alicyclic amines) is 1. The summed E-state index contributed by atoms with van der Waals surface area (Å²) in [5.74, 6) is -0.439. The molecule has 0 saturated carbocycles. The third-order valence-corrected chi connectivity index (χ3v) is 4.58. The molecule has 0 aliphatic carbocycles. The van der Waals surface area contributed by atoms with E-state index in [-0.39, 0.29) is 23.7 Å². The minimum absolute atomic E-state index is 0.0910. The van der Waals surface area contributed by atoms with E-state index >= 15 is 0 Å². The molecule has 1 N–H and O–H groups in total. The number of carbonyl (C=O) groups is 2. The lowest BCUT2D eigenvalue weighted by Gasteiger charge is -2.35. The van der Waals surface area contributed by atoms with Gasteiger partial charge in [0.15, 0.2) is 0 Å². The summed E-state index contributed by atoms with van der Waals surface area (Å²) in [5.41, 5.74) is 1.28. The van der Waals surface area contributed by atoms with Crippen molar-refractivity contribution in [2.45, 2.75) is 31.7 Å². The molecule has 1 aliphatic rings. The molecule has 1 aliphatic heterocycles. The molecule has 1 fully saturated rings. The Balaban J connectivity index is 1.72. The number of piperidine rings is 1. The summed E-state index contributed by atoms with van der Waals surface area (Å²) in [6.45, 7) is 0.984. The van der Waals surface area contributed by atoms with Crippen molar-refractivity contribution >= 4 is 11.8 Å². The van der Waals surface area contributed by atoms with Crippen LogP contribution in [0, 0.1) is 5.82 Å². The number of pyridine rings is 1. The van der Waals surface area contributed by atoms with Crippen LogP contribution in [0.2, 0.25) is 0 Å². The van der Waals surface area contributed by atoms with Crippen molar-refractivity contribution < 1.29 is 14.0 Å². The molecule has 0 bridgehead atoms. The van der Waals surface area contributed by atoms with Crippen LogP contribution in [0.25, 0.3) is 0 Å². The highest BCUT2D eigenvalue weighted by Gasteiger charge is 2.26. The summed E-state index contributed by atoms with van der Waals surface area (Å²) in [4.78, 5) is 30.4. The lowest BCUT2D eigenvalue weighted by molar-refractivity contribution is -0.135. The normalized spacial score (nSPS) is 15.6. The average Bonchev–Trinajstić information content (AvgIpc) is 2.66. The maximum absolute atomic E-state index is 13.5. The number of aromatic nitrogens is 1. The highest BCUT2D eigenvalue weighted by Crippen LogP contribution is 2.17. The van der Waals surface area contributed by atoms with Gasteiger partial charge in [0.1, 0.15) is 5.82 Å². The largest absolute Gasteiger partial charge is 0.350 e. The third-order valence-electron chi connectivity index (χ3n) is 4.58. The van der Waals surface area contributed by atoms with Crippen molar-refractivity contribution in [1.82, 2.24) is 15.2 Å². The first-order valence-corrected chi connectivity index (χ1v) is 8.85. The van der Waals surface area contributed by atoms with Gasteiger partial charge in [0, 0.05) is 31.9 Å². The van der Waals surface area contributed by atoms with Gasteiger partial charge in [-0.05, 0) is 49.1 Å². The van der Waals surface area contributed by atoms with Crippen molar-refractivity contribution in [3.63, 3.8) is 0 Å². The zero-order valence-corrected chi connectivity index (χ0v) is 14.5. The Hall–Kier alpha value is -2.76. The standard InChI is InChI=1S/C20H22FN3O2/c21-17-7-3-5-15(11-17)12-18(24-10-2-1-8-19(24)25)14-23-20(26)16-6-4-9-22-13-16/h3-7,9,11,13,18H,1-2,8,10,12,14H2,(H,23,26)/t18-/m1/s1. The topological polar surface area (TPSA) is 62.3 Å². The number of hydrogen-bond donors (Lipinski definition) is 1. The average molecular weight is 355 g/mol. The van der Waals surface area contributed by atoms with Crippen LogP contribution in [0.5, 0.6) is 0 Å². The van der Waals surface area contributed by atoms with E-state index in [0.29, 0.717) is 31.5 Å². The Morgan fingerprint density at radius 1 is 1.27 bits per heavy atom. The summed E-state index contributed by atoms with van der Waals surface area (Å²) in [6.07, 6.45) is 5.97. The molecule has 1 aromatic heterocycles. The molecule has 5 nitrogen and oxygen atoms in total. The van der Waals surface area contributed by atoms with Gasteiger partial charge >= 0.3 is 0 Å². The first-order valence-electron chi connectivity index (χ1n) is 8.85. The Morgan fingerprint density at radius 3 is 2.88 bits per heavy atom. The molecule has 2 amide bonds. The number of carbonyl (C=O) groups excluding carboxylic acids is 2. The molecular formula is C20H22FN3O2. The van der Waals surface area contributed by atoms with E-state index in [4.69, 9.17) is 0 Å². The maximum Gasteiger partial charge on any atom is 0.252 e. The van der Waals surface area contributed by atoms with Crippen LogP contribution in [0.15, 0.2) is 48.8 Å². The first kappa shape index (κ1) is 18.0. The van der Waals surface area contributed by atoms with E-state index in [1.54, 1.807) is 24.4 Å². The molecule has 3 rings (SSSR count). The first-order chi connectivity index (χ1) is 12.6. The third kappa shape index (κ3) is 4.65. The van der Waals surface area contributed by atoms with Gasteiger partial charge in [-0.3, -0.25) is 14.6 Å². The lowest BCUT2D eigenvalue weighted by Crippen LogP contribution is -2.50. The Kier molecular flexibility index (Phi) is 5.94. The molecule has 2 aromatic rings. The molecule has 136 valence electrons. The van der Waals surface area contributed by atoms with Crippen LogP contribution in [-0.2, 0) is 11.2 Å². The van der Waals surface area contributed by atoms with E-state index in [2.05, 4.69) is 10.3 Å². The molecule has 0 radical (unpaired) electrons. The van der Waals surface area contributed by atoms with Crippen molar-refractivity contribution in [3.05, 3.63) is 65.7 Å². The molecular weight excluding hydrogens is 333 g/mol. The van der Waals surface area contributed by atoms with Crippen LogP contribution in [-0.4, -0.2) is 40.8 Å². The lowest BCUT2D eigenvalue weighted by atomic mass is 10.0. The van der Waals surface area contributed by atoms with E-state index in [0.717, 1.165) is 18.4 Å². The highest BCUT2D eigenvalue weighted by atomic mass is 19.1. The molecule has 2 heterocycles. The van der Waals surface area contributed by atoms with Crippen molar-refractivity contribution in [2.24, 2.45) is 0 Å². The zero-order chi connectivity index (χ0) is 18.4. The predicted molar refractivity (Wildman–Crippen MR) is 96.0 cm³/mol. The van der Waals surface area contributed by atoms with Crippen molar-refractivity contribution in [3.8, 4) is 0 Å². The Morgan fingerprint density at radius 2 is 2.15 bits per heavy atom. The molecule has 1 atom stereocenters. The summed E-state index contributed by atoms with van der Waals surface area (Å²) >= 11 is 0. The molecule has 0 unspecified atom stereocenters. The highest BCUT2D eigenvalue weighted by molar-refractivity contribution is 5.93. The second kappa shape index (κ2) is 8.56. The van der Waals surface area contributed by atoms with Crippen molar-refractivity contribution in [2.75, 3.05) is 13.1 Å². The van der Waals surface area contributed by atoms with Crippen LogP contribution >= 0.6 is 0 Å². The minimum Gasteiger partial charge on any atom is -0.350 e. The summed E-state index contributed by atoms with van der Waals surface area (Å²) < 4.78 is 13.5. The van der Waals surface area contributed by atoms with Gasteiger partial charge in [-0.15, -0.1) is 0 Å². The van der Waals surface area contributed by atoms with E-state index in [1.165, 1.54) is 18.3 Å². The molecule has 1 aromatic carbocycles. The molecule has 0 spiro atoms. The van der Waals surface area contributed by atoms with Gasteiger partial charge in [0.25, 0.3) is 5.91 Å². The van der Waals surface area contributed by atoms with Crippen molar-refractivity contribution in [1.29, 1.82) is 0 Å². The number of rotatable bonds is 6. The van der Waals surface area contributed by atoms with Crippen LogP contribution in [0.1, 0.15) is 35.2 Å². The number of benzene rings is 1. The summed E-state index contributed by atoms with van der Waals surface area (Å²) in [5, 5.41) is 2.89. The van der Waals surface area contributed by atoms with Gasteiger partial charge in [0.05, 0.1) is 11.6 Å². The number of nitrogens with zero attached hydrogens (tertiary/aromatic N) is 2. The summed E-state index contributed by atoms with van der Waals surface area (Å²) in [7, 11) is 0. The van der Waals surface area contributed by atoms with Gasteiger partial charge in [-0.2, -0.15) is 0 Å². The molecule has 1 saturated heterocycles. The van der Waals surface area contributed by atoms with Gasteiger partial charge in [0.2, 0.25) is 5.91 Å². The Labute approximate surface area is 152 Å².